The number of aliphatic imine (C=N–C) groups is 2. The predicted molar refractivity (Wildman–Crippen MR) is 124 cm³/mol. The summed E-state index contributed by atoms with van der Waals surface area (Å²) in [6.07, 6.45) is 4.35. The van der Waals surface area contributed by atoms with Crippen molar-refractivity contribution in [3.05, 3.63) is 46.4 Å². The molecule has 164 valence electrons. The highest BCUT2D eigenvalue weighted by molar-refractivity contribution is 6.03. The maximum Gasteiger partial charge on any atom is 0.275 e. The van der Waals surface area contributed by atoms with E-state index in [1.54, 1.807) is 6.20 Å². The molecule has 0 radical (unpaired) electrons. The van der Waals surface area contributed by atoms with Crippen LogP contribution in [0.2, 0.25) is 0 Å². The van der Waals surface area contributed by atoms with Crippen LogP contribution in [0.15, 0.2) is 45.2 Å². The Morgan fingerprint density at radius 1 is 1.13 bits per heavy atom. The molecule has 3 heterocycles. The zero-order chi connectivity index (χ0) is 21.6. The molecule has 31 heavy (non-hydrogen) atoms. The van der Waals surface area contributed by atoms with Gasteiger partial charge in [-0.05, 0) is 31.0 Å². The minimum Gasteiger partial charge on any atom is -0.370 e. The van der Waals surface area contributed by atoms with E-state index < -0.39 is 0 Å². The number of anilines is 2. The molecular formula is C21H29N9O. The number of hydrogen-bond donors (Lipinski definition) is 4. The smallest absolute Gasteiger partial charge is 0.275 e. The number of nitrogens with zero attached hydrogens (tertiary/aromatic N) is 5. The van der Waals surface area contributed by atoms with E-state index in [4.69, 9.17) is 11.5 Å². The van der Waals surface area contributed by atoms with Crippen molar-refractivity contribution >= 4 is 29.1 Å². The average Bonchev–Trinajstić information content (AvgIpc) is 3.16. The summed E-state index contributed by atoms with van der Waals surface area (Å²) in [6, 6.07) is 8.06. The SMILES string of the molecule is NC(N)=NCCCCN1CCN(c2cnc(N=C3Cc4ccccc4N3)[nH]c2=O)CC1. The zero-order valence-corrected chi connectivity index (χ0v) is 17.5. The van der Waals surface area contributed by atoms with Crippen molar-refractivity contribution in [1.82, 2.24) is 14.9 Å². The predicted octanol–water partition coefficient (Wildman–Crippen LogP) is 0.644. The van der Waals surface area contributed by atoms with Gasteiger partial charge in [0.25, 0.3) is 5.56 Å². The van der Waals surface area contributed by atoms with E-state index in [1.165, 1.54) is 5.56 Å². The molecule has 0 spiro atoms. The highest BCUT2D eigenvalue weighted by atomic mass is 16.1. The molecule has 0 bridgehead atoms. The molecule has 0 saturated carbocycles. The summed E-state index contributed by atoms with van der Waals surface area (Å²) < 4.78 is 0. The number of benzene rings is 1. The lowest BCUT2D eigenvalue weighted by Gasteiger charge is -2.35. The number of guanidine groups is 1. The van der Waals surface area contributed by atoms with Gasteiger partial charge in [0.05, 0.1) is 6.20 Å². The fourth-order valence-electron chi connectivity index (χ4n) is 3.90. The molecule has 1 aromatic heterocycles. The Balaban J connectivity index is 1.29. The van der Waals surface area contributed by atoms with Crippen LogP contribution in [-0.4, -0.2) is 65.9 Å². The maximum atomic E-state index is 12.6. The topological polar surface area (TPSA) is 141 Å². The van der Waals surface area contributed by atoms with Gasteiger partial charge in [0.15, 0.2) is 5.96 Å². The molecule has 0 amide bonds. The third kappa shape index (κ3) is 5.40. The summed E-state index contributed by atoms with van der Waals surface area (Å²) in [5.74, 6) is 1.25. The molecule has 0 unspecified atom stereocenters. The van der Waals surface area contributed by atoms with Gasteiger partial charge in [0.2, 0.25) is 5.95 Å². The summed E-state index contributed by atoms with van der Waals surface area (Å²) in [7, 11) is 0. The maximum absolute atomic E-state index is 12.6. The second-order valence-corrected chi connectivity index (χ2v) is 7.78. The van der Waals surface area contributed by atoms with Gasteiger partial charge in [0.1, 0.15) is 11.5 Å². The standard InChI is InChI=1S/C21H29N9O/c22-20(23)24-7-3-4-8-29-9-11-30(12-10-29)17-14-25-21(28-19(17)31)27-18-13-15-5-1-2-6-16(15)26-18/h1-2,5-6,14H,3-4,7-13H2,(H4,22,23,24)(H2,25,26,27,28,31). The third-order valence-electron chi connectivity index (χ3n) is 5.55. The monoisotopic (exact) mass is 423 g/mol. The number of hydrogen-bond acceptors (Lipinski definition) is 6. The molecule has 2 aliphatic heterocycles. The Hall–Kier alpha value is -3.40. The van der Waals surface area contributed by atoms with Crippen molar-refractivity contribution in [3.8, 4) is 0 Å². The fraction of sp³-hybridized carbons (Fsp3) is 0.429. The second-order valence-electron chi connectivity index (χ2n) is 7.78. The lowest BCUT2D eigenvalue weighted by atomic mass is 10.2. The molecule has 6 N–H and O–H groups in total. The Bertz CT molecular complexity index is 991. The van der Waals surface area contributed by atoms with Crippen LogP contribution in [0.5, 0.6) is 0 Å². The molecule has 1 saturated heterocycles. The highest BCUT2D eigenvalue weighted by Gasteiger charge is 2.20. The number of nitrogens with two attached hydrogens (primary N) is 2. The van der Waals surface area contributed by atoms with Crippen LogP contribution in [0.25, 0.3) is 0 Å². The van der Waals surface area contributed by atoms with Gasteiger partial charge in [-0.15, -0.1) is 0 Å². The van der Waals surface area contributed by atoms with E-state index in [0.29, 0.717) is 24.6 Å². The van der Waals surface area contributed by atoms with E-state index in [2.05, 4.69) is 41.1 Å². The molecule has 2 aromatic rings. The Morgan fingerprint density at radius 2 is 1.94 bits per heavy atom. The first-order chi connectivity index (χ1) is 15.1. The number of aromatic nitrogens is 2. The highest BCUT2D eigenvalue weighted by Crippen LogP contribution is 2.23. The Kier molecular flexibility index (Phi) is 6.46. The molecule has 4 rings (SSSR count). The van der Waals surface area contributed by atoms with Crippen LogP contribution in [0.4, 0.5) is 17.3 Å². The van der Waals surface area contributed by atoms with Crippen LogP contribution < -0.4 is 27.2 Å². The van der Waals surface area contributed by atoms with Crippen LogP contribution in [0, 0.1) is 0 Å². The van der Waals surface area contributed by atoms with E-state index in [9.17, 15) is 4.79 Å². The van der Waals surface area contributed by atoms with Crippen LogP contribution in [0.3, 0.4) is 0 Å². The second kappa shape index (κ2) is 9.61. The van der Waals surface area contributed by atoms with E-state index in [0.717, 1.165) is 57.1 Å². The number of fused-ring (bicyclic) bond motifs is 1. The molecular weight excluding hydrogens is 394 g/mol. The molecule has 1 fully saturated rings. The molecule has 0 atom stereocenters. The fourth-order valence-corrected chi connectivity index (χ4v) is 3.90. The number of para-hydroxylation sites is 1. The van der Waals surface area contributed by atoms with Crippen molar-refractivity contribution < 1.29 is 0 Å². The summed E-state index contributed by atoms with van der Waals surface area (Å²) in [4.78, 5) is 32.8. The number of piperazine rings is 1. The summed E-state index contributed by atoms with van der Waals surface area (Å²) in [6.45, 7) is 5.09. The number of aromatic amines is 1. The van der Waals surface area contributed by atoms with Crippen molar-refractivity contribution in [3.63, 3.8) is 0 Å². The van der Waals surface area contributed by atoms with Crippen molar-refractivity contribution in [1.29, 1.82) is 0 Å². The minimum atomic E-state index is -0.157. The summed E-state index contributed by atoms with van der Waals surface area (Å²) in [5.41, 5.74) is 13.4. The first-order valence-corrected chi connectivity index (χ1v) is 10.6. The van der Waals surface area contributed by atoms with Crippen molar-refractivity contribution in [2.75, 3.05) is 49.5 Å². The van der Waals surface area contributed by atoms with Crippen LogP contribution in [0.1, 0.15) is 18.4 Å². The summed E-state index contributed by atoms with van der Waals surface area (Å²) in [5, 5.41) is 3.27. The zero-order valence-electron chi connectivity index (χ0n) is 17.5. The normalized spacial score (nSPS) is 17.4. The molecule has 2 aliphatic rings. The van der Waals surface area contributed by atoms with E-state index in [-0.39, 0.29) is 11.5 Å². The first-order valence-electron chi connectivity index (χ1n) is 10.6. The number of rotatable bonds is 7. The van der Waals surface area contributed by atoms with Crippen molar-refractivity contribution in [2.45, 2.75) is 19.3 Å². The first kappa shape index (κ1) is 20.9. The van der Waals surface area contributed by atoms with E-state index in [1.807, 2.05) is 18.2 Å². The molecule has 10 nitrogen and oxygen atoms in total. The van der Waals surface area contributed by atoms with Gasteiger partial charge < -0.3 is 21.7 Å². The molecule has 1 aromatic carbocycles. The average molecular weight is 424 g/mol. The van der Waals surface area contributed by atoms with Crippen LogP contribution in [-0.2, 0) is 6.42 Å². The Morgan fingerprint density at radius 3 is 2.68 bits per heavy atom. The van der Waals surface area contributed by atoms with E-state index >= 15 is 0 Å². The quantitative estimate of drug-likeness (QED) is 0.291. The summed E-state index contributed by atoms with van der Waals surface area (Å²) >= 11 is 0. The van der Waals surface area contributed by atoms with Gasteiger partial charge in [-0.2, -0.15) is 4.99 Å². The van der Waals surface area contributed by atoms with Crippen molar-refractivity contribution in [2.24, 2.45) is 21.5 Å². The van der Waals surface area contributed by atoms with Gasteiger partial charge in [-0.25, -0.2) is 4.98 Å². The van der Waals surface area contributed by atoms with Gasteiger partial charge in [0, 0.05) is 44.8 Å². The van der Waals surface area contributed by atoms with Gasteiger partial charge in [-0.3, -0.25) is 19.7 Å². The number of H-pyrrole nitrogens is 1. The number of unbranched alkanes of at least 4 members (excludes halogenated alkanes) is 1. The molecule has 0 aliphatic carbocycles. The number of nitrogens with one attached hydrogen (secondary N) is 2. The lowest BCUT2D eigenvalue weighted by Crippen LogP contribution is -2.48. The molecule has 10 heteroatoms. The van der Waals surface area contributed by atoms with Gasteiger partial charge >= 0.3 is 0 Å². The van der Waals surface area contributed by atoms with Crippen LogP contribution >= 0.6 is 0 Å². The lowest BCUT2D eigenvalue weighted by molar-refractivity contribution is 0.253. The Labute approximate surface area is 181 Å². The largest absolute Gasteiger partial charge is 0.370 e. The van der Waals surface area contributed by atoms with Gasteiger partial charge in [-0.1, -0.05) is 18.2 Å². The minimum absolute atomic E-state index is 0.148. The number of amidine groups is 1. The third-order valence-corrected chi connectivity index (χ3v) is 5.55.